The maximum absolute atomic E-state index is 13.2. The van der Waals surface area contributed by atoms with E-state index in [4.69, 9.17) is 9.47 Å². The maximum Gasteiger partial charge on any atom is 0.242 e. The number of ether oxygens (including phenoxy) is 2. The van der Waals surface area contributed by atoms with Gasteiger partial charge >= 0.3 is 0 Å². The first-order chi connectivity index (χ1) is 14.5. The SMILES string of the molecule is CCC[C@H]1S/C(=N/N=C\c2ccc(OC)c(OC)c2)N(Cc2ccc(F)cc2)C1=O. The molecule has 0 radical (unpaired) electrons. The summed E-state index contributed by atoms with van der Waals surface area (Å²) < 4.78 is 23.7. The summed E-state index contributed by atoms with van der Waals surface area (Å²) in [7, 11) is 3.15. The number of amidine groups is 1. The van der Waals surface area contributed by atoms with Crippen LogP contribution >= 0.6 is 11.8 Å². The number of amides is 1. The molecule has 1 aliphatic rings. The first-order valence-electron chi connectivity index (χ1n) is 9.61. The highest BCUT2D eigenvalue weighted by Crippen LogP contribution is 2.32. The number of methoxy groups -OCH3 is 2. The number of thioether (sulfide) groups is 1. The Kier molecular flexibility index (Phi) is 7.46. The molecule has 1 saturated heterocycles. The van der Waals surface area contributed by atoms with E-state index in [1.54, 1.807) is 49.6 Å². The fourth-order valence-corrected chi connectivity index (χ4v) is 4.24. The van der Waals surface area contributed by atoms with Crippen molar-refractivity contribution in [1.82, 2.24) is 4.90 Å². The van der Waals surface area contributed by atoms with Gasteiger partial charge in [-0.15, -0.1) is 5.10 Å². The van der Waals surface area contributed by atoms with Crippen molar-refractivity contribution in [3.8, 4) is 11.5 Å². The Hall–Kier alpha value is -2.87. The monoisotopic (exact) mass is 429 g/mol. The normalized spacial score (nSPS) is 17.9. The zero-order valence-corrected chi connectivity index (χ0v) is 18.0. The van der Waals surface area contributed by atoms with Crippen molar-refractivity contribution in [2.45, 2.75) is 31.6 Å². The molecule has 2 aromatic carbocycles. The molecule has 8 heteroatoms. The number of hydrogen-bond donors (Lipinski definition) is 0. The minimum absolute atomic E-state index is 0.00578. The van der Waals surface area contributed by atoms with E-state index in [-0.39, 0.29) is 17.0 Å². The molecule has 1 aliphatic heterocycles. The average Bonchev–Trinajstić information content (AvgIpc) is 3.04. The molecule has 0 spiro atoms. The third kappa shape index (κ3) is 5.18. The number of carbonyl (C=O) groups excluding carboxylic acids is 1. The van der Waals surface area contributed by atoms with E-state index in [0.717, 1.165) is 24.0 Å². The van der Waals surface area contributed by atoms with Crippen LogP contribution in [0.2, 0.25) is 0 Å². The van der Waals surface area contributed by atoms with Gasteiger partial charge in [-0.3, -0.25) is 9.69 Å². The third-order valence-corrected chi connectivity index (χ3v) is 5.82. The minimum Gasteiger partial charge on any atom is -0.493 e. The molecule has 158 valence electrons. The highest BCUT2D eigenvalue weighted by Gasteiger charge is 2.37. The van der Waals surface area contributed by atoms with Gasteiger partial charge in [0.1, 0.15) is 5.82 Å². The summed E-state index contributed by atoms with van der Waals surface area (Å²) in [5.74, 6) is 0.927. The second-order valence-corrected chi connectivity index (χ2v) is 7.86. The summed E-state index contributed by atoms with van der Waals surface area (Å²) in [6, 6.07) is 11.5. The van der Waals surface area contributed by atoms with E-state index in [9.17, 15) is 9.18 Å². The van der Waals surface area contributed by atoms with E-state index in [1.165, 1.54) is 23.9 Å². The van der Waals surface area contributed by atoms with Crippen molar-refractivity contribution < 1.29 is 18.7 Å². The Bertz CT molecular complexity index is 947. The molecule has 0 saturated carbocycles. The van der Waals surface area contributed by atoms with Gasteiger partial charge in [0.2, 0.25) is 5.91 Å². The van der Waals surface area contributed by atoms with Gasteiger partial charge in [0, 0.05) is 0 Å². The summed E-state index contributed by atoms with van der Waals surface area (Å²) in [5, 5.41) is 8.85. The number of nitrogens with zero attached hydrogens (tertiary/aromatic N) is 3. The van der Waals surface area contributed by atoms with E-state index in [1.807, 2.05) is 13.0 Å². The molecule has 0 N–H and O–H groups in total. The van der Waals surface area contributed by atoms with Gasteiger partial charge in [-0.1, -0.05) is 37.2 Å². The molecule has 1 atom stereocenters. The van der Waals surface area contributed by atoms with E-state index in [0.29, 0.717) is 23.2 Å². The molecule has 30 heavy (non-hydrogen) atoms. The van der Waals surface area contributed by atoms with Crippen molar-refractivity contribution in [1.29, 1.82) is 0 Å². The van der Waals surface area contributed by atoms with Gasteiger partial charge in [0.05, 0.1) is 32.2 Å². The van der Waals surface area contributed by atoms with Crippen LogP contribution in [-0.4, -0.2) is 41.7 Å². The van der Waals surface area contributed by atoms with Crippen molar-refractivity contribution in [3.63, 3.8) is 0 Å². The molecule has 2 aromatic rings. The molecular formula is C22H24FN3O3S. The van der Waals surface area contributed by atoms with Gasteiger partial charge < -0.3 is 9.47 Å². The Morgan fingerprint density at radius 1 is 1.13 bits per heavy atom. The van der Waals surface area contributed by atoms with Crippen molar-refractivity contribution in [2.24, 2.45) is 10.2 Å². The topological polar surface area (TPSA) is 63.5 Å². The Labute approximate surface area is 179 Å². The third-order valence-electron chi connectivity index (χ3n) is 4.58. The molecule has 0 bridgehead atoms. The lowest BCUT2D eigenvalue weighted by Crippen LogP contribution is -2.31. The first kappa shape index (κ1) is 21.8. The first-order valence-corrected chi connectivity index (χ1v) is 10.5. The number of benzene rings is 2. The summed E-state index contributed by atoms with van der Waals surface area (Å²) >= 11 is 1.42. The largest absolute Gasteiger partial charge is 0.493 e. The van der Waals surface area contributed by atoms with Crippen molar-refractivity contribution >= 4 is 29.1 Å². The van der Waals surface area contributed by atoms with Crippen molar-refractivity contribution in [2.75, 3.05) is 14.2 Å². The van der Waals surface area contributed by atoms with Crippen LogP contribution in [0.3, 0.4) is 0 Å². The standard InChI is InChI=1S/C22H24FN3O3S/c1-4-5-20-21(27)26(14-15-6-9-17(23)10-7-15)22(30-20)25-24-13-16-8-11-18(28-2)19(12-16)29-3/h6-13,20H,4-5,14H2,1-3H3/b24-13-,25-22+/t20-/m1/s1. The van der Waals surface area contributed by atoms with Gasteiger partial charge in [0.25, 0.3) is 0 Å². The molecule has 6 nitrogen and oxygen atoms in total. The Morgan fingerprint density at radius 2 is 1.87 bits per heavy atom. The van der Waals surface area contributed by atoms with Gasteiger partial charge in [0.15, 0.2) is 16.7 Å². The molecule has 1 amide bonds. The molecule has 3 rings (SSSR count). The number of rotatable bonds is 8. The van der Waals surface area contributed by atoms with Gasteiger partial charge in [-0.25, -0.2) is 4.39 Å². The van der Waals surface area contributed by atoms with Gasteiger partial charge in [-0.2, -0.15) is 5.10 Å². The predicted molar refractivity (Wildman–Crippen MR) is 118 cm³/mol. The lowest BCUT2D eigenvalue weighted by Gasteiger charge is -2.15. The fraction of sp³-hybridized carbons (Fsp3) is 0.318. The number of hydrogen-bond acceptors (Lipinski definition) is 6. The number of halogens is 1. The second-order valence-electron chi connectivity index (χ2n) is 6.69. The van der Waals surface area contributed by atoms with Crippen LogP contribution in [-0.2, 0) is 11.3 Å². The molecule has 1 heterocycles. The minimum atomic E-state index is -0.307. The zero-order chi connectivity index (χ0) is 21.5. The summed E-state index contributed by atoms with van der Waals surface area (Å²) in [6.07, 6.45) is 3.26. The van der Waals surface area contributed by atoms with Crippen LogP contribution in [0.1, 0.15) is 30.9 Å². The highest BCUT2D eigenvalue weighted by molar-refractivity contribution is 8.15. The van der Waals surface area contributed by atoms with Gasteiger partial charge in [-0.05, 0) is 47.9 Å². The Balaban J connectivity index is 1.81. The zero-order valence-electron chi connectivity index (χ0n) is 17.2. The van der Waals surface area contributed by atoms with Crippen LogP contribution in [0, 0.1) is 5.82 Å². The van der Waals surface area contributed by atoms with Crippen molar-refractivity contribution in [3.05, 3.63) is 59.4 Å². The maximum atomic E-state index is 13.2. The molecular weight excluding hydrogens is 405 g/mol. The smallest absolute Gasteiger partial charge is 0.242 e. The summed E-state index contributed by atoms with van der Waals surface area (Å²) in [5.41, 5.74) is 1.63. The quantitative estimate of drug-likeness (QED) is 0.459. The molecule has 0 aliphatic carbocycles. The highest BCUT2D eigenvalue weighted by atomic mass is 32.2. The van der Waals surface area contributed by atoms with Crippen LogP contribution in [0.25, 0.3) is 0 Å². The van der Waals surface area contributed by atoms with E-state index < -0.39 is 0 Å². The van der Waals surface area contributed by atoms with E-state index >= 15 is 0 Å². The van der Waals surface area contributed by atoms with Crippen LogP contribution in [0.4, 0.5) is 4.39 Å². The average molecular weight is 430 g/mol. The van der Waals surface area contributed by atoms with Crippen LogP contribution < -0.4 is 9.47 Å². The van der Waals surface area contributed by atoms with Crippen LogP contribution in [0.5, 0.6) is 11.5 Å². The summed E-state index contributed by atoms with van der Waals surface area (Å²) in [4.78, 5) is 14.4. The lowest BCUT2D eigenvalue weighted by molar-refractivity contribution is -0.126. The molecule has 0 aromatic heterocycles. The fourth-order valence-electron chi connectivity index (χ4n) is 3.03. The second kappa shape index (κ2) is 10.2. The summed E-state index contributed by atoms with van der Waals surface area (Å²) in [6.45, 7) is 2.37. The lowest BCUT2D eigenvalue weighted by atomic mass is 10.2. The molecule has 1 fully saturated rings. The predicted octanol–water partition coefficient (Wildman–Crippen LogP) is 4.48. The molecule has 0 unspecified atom stereocenters. The van der Waals surface area contributed by atoms with Crippen LogP contribution in [0.15, 0.2) is 52.7 Å². The number of carbonyl (C=O) groups is 1. The van der Waals surface area contributed by atoms with E-state index in [2.05, 4.69) is 10.2 Å². The Morgan fingerprint density at radius 3 is 2.53 bits per heavy atom.